The van der Waals surface area contributed by atoms with Gasteiger partial charge in [0.15, 0.2) is 5.13 Å². The van der Waals surface area contributed by atoms with Crippen LogP contribution in [-0.4, -0.2) is 42.5 Å². The number of carbonyl (C=O) groups excluding carboxylic acids is 1. The number of aryl methyl sites for hydroxylation is 1. The van der Waals surface area contributed by atoms with E-state index >= 15 is 0 Å². The maximum Gasteiger partial charge on any atom is 0.230 e. The van der Waals surface area contributed by atoms with Gasteiger partial charge in [0, 0.05) is 24.0 Å². The van der Waals surface area contributed by atoms with Crippen molar-refractivity contribution in [2.75, 3.05) is 24.2 Å². The van der Waals surface area contributed by atoms with Crippen LogP contribution in [0.15, 0.2) is 29.6 Å². The van der Waals surface area contributed by atoms with Crippen molar-refractivity contribution in [2.45, 2.75) is 33.1 Å². The van der Waals surface area contributed by atoms with E-state index in [1.165, 1.54) is 15.6 Å². The Kier molecular flexibility index (Phi) is 6.29. The van der Waals surface area contributed by atoms with E-state index in [9.17, 15) is 13.2 Å². The summed E-state index contributed by atoms with van der Waals surface area (Å²) in [5, 5.41) is 5.35. The highest BCUT2D eigenvalue weighted by Crippen LogP contribution is 2.28. The fraction of sp³-hybridized carbons (Fsp3) is 0.474. The zero-order valence-electron chi connectivity index (χ0n) is 15.6. The fourth-order valence-corrected chi connectivity index (χ4v) is 5.62. The lowest BCUT2D eigenvalue weighted by Crippen LogP contribution is -2.44. The van der Waals surface area contributed by atoms with Gasteiger partial charge in [0.25, 0.3) is 0 Å². The SMILES string of the molecule is CCCS(=O)(=O)N1CCC[C@H](C(=O)Nc2nc(-c3ccccc3C)cs2)C1. The molecule has 1 aromatic heterocycles. The van der Waals surface area contributed by atoms with Crippen molar-refractivity contribution in [3.05, 3.63) is 35.2 Å². The standard InChI is InChI=1S/C19H25N3O3S2/c1-3-11-27(24,25)22-10-6-8-15(12-22)18(23)21-19-20-17(13-26-19)16-9-5-4-7-14(16)2/h4-5,7,9,13,15H,3,6,8,10-12H2,1-2H3,(H,20,21,23)/t15-/m0/s1. The first kappa shape index (κ1) is 20.0. The molecular formula is C19H25N3O3S2. The van der Waals surface area contributed by atoms with Crippen molar-refractivity contribution in [3.63, 3.8) is 0 Å². The van der Waals surface area contributed by atoms with Gasteiger partial charge in [-0.15, -0.1) is 11.3 Å². The molecule has 0 aliphatic carbocycles. The van der Waals surface area contributed by atoms with E-state index in [4.69, 9.17) is 0 Å². The van der Waals surface area contributed by atoms with Crippen LogP contribution in [0.1, 0.15) is 31.7 Å². The number of nitrogens with zero attached hydrogens (tertiary/aromatic N) is 2. The van der Waals surface area contributed by atoms with Gasteiger partial charge >= 0.3 is 0 Å². The summed E-state index contributed by atoms with van der Waals surface area (Å²) in [5.74, 6) is -0.360. The summed E-state index contributed by atoms with van der Waals surface area (Å²) >= 11 is 1.38. The Morgan fingerprint density at radius 1 is 1.37 bits per heavy atom. The molecule has 0 bridgehead atoms. The van der Waals surface area contributed by atoms with E-state index in [2.05, 4.69) is 10.3 Å². The Bertz CT molecular complexity index is 908. The van der Waals surface area contributed by atoms with Crippen LogP contribution in [0.3, 0.4) is 0 Å². The number of amides is 1. The Morgan fingerprint density at radius 2 is 2.15 bits per heavy atom. The summed E-state index contributed by atoms with van der Waals surface area (Å²) in [6, 6.07) is 7.98. The molecular weight excluding hydrogens is 382 g/mol. The summed E-state index contributed by atoms with van der Waals surface area (Å²) < 4.78 is 26.0. The largest absolute Gasteiger partial charge is 0.302 e. The van der Waals surface area contributed by atoms with Crippen molar-refractivity contribution in [1.82, 2.24) is 9.29 Å². The molecule has 2 aromatic rings. The number of piperidine rings is 1. The lowest BCUT2D eigenvalue weighted by molar-refractivity contribution is -0.120. The molecule has 6 nitrogen and oxygen atoms in total. The first-order valence-corrected chi connectivity index (χ1v) is 11.7. The number of thiazole rings is 1. The topological polar surface area (TPSA) is 79.4 Å². The van der Waals surface area contributed by atoms with Gasteiger partial charge < -0.3 is 5.32 Å². The fourth-order valence-electron chi connectivity index (χ4n) is 3.32. The highest BCUT2D eigenvalue weighted by atomic mass is 32.2. The number of rotatable bonds is 6. The van der Waals surface area contributed by atoms with Gasteiger partial charge in [0.1, 0.15) is 0 Å². The minimum atomic E-state index is -3.27. The van der Waals surface area contributed by atoms with Gasteiger partial charge in [0.05, 0.1) is 17.4 Å². The third kappa shape index (κ3) is 4.75. The number of hydrogen-bond acceptors (Lipinski definition) is 5. The lowest BCUT2D eigenvalue weighted by Gasteiger charge is -2.30. The molecule has 1 amide bonds. The average molecular weight is 408 g/mol. The lowest BCUT2D eigenvalue weighted by atomic mass is 9.99. The molecule has 0 unspecified atom stereocenters. The highest BCUT2D eigenvalue weighted by molar-refractivity contribution is 7.89. The third-order valence-electron chi connectivity index (χ3n) is 4.77. The molecule has 3 rings (SSSR count). The molecule has 1 saturated heterocycles. The number of hydrogen-bond donors (Lipinski definition) is 1. The zero-order chi connectivity index (χ0) is 19.4. The second-order valence-corrected chi connectivity index (χ2v) is 9.80. The number of benzene rings is 1. The average Bonchev–Trinajstić information content (AvgIpc) is 3.10. The molecule has 1 aliphatic heterocycles. The van der Waals surface area contributed by atoms with Gasteiger partial charge in [-0.2, -0.15) is 0 Å². The van der Waals surface area contributed by atoms with Crippen molar-refractivity contribution in [2.24, 2.45) is 5.92 Å². The van der Waals surface area contributed by atoms with Crippen LogP contribution in [0, 0.1) is 12.8 Å². The normalized spacial score (nSPS) is 18.4. The molecule has 1 atom stereocenters. The third-order valence-corrected chi connectivity index (χ3v) is 7.57. The molecule has 1 aliphatic rings. The molecule has 8 heteroatoms. The van der Waals surface area contributed by atoms with Gasteiger partial charge in [-0.3, -0.25) is 4.79 Å². The first-order chi connectivity index (χ1) is 12.9. The highest BCUT2D eigenvalue weighted by Gasteiger charge is 2.32. The Balaban J connectivity index is 1.66. The van der Waals surface area contributed by atoms with Crippen LogP contribution in [0.5, 0.6) is 0 Å². The summed E-state index contributed by atoms with van der Waals surface area (Å²) in [4.78, 5) is 17.2. The van der Waals surface area contributed by atoms with Crippen LogP contribution in [-0.2, 0) is 14.8 Å². The van der Waals surface area contributed by atoms with E-state index < -0.39 is 10.0 Å². The number of carbonyl (C=O) groups is 1. The van der Waals surface area contributed by atoms with Crippen LogP contribution < -0.4 is 5.32 Å². The molecule has 0 spiro atoms. The van der Waals surface area contributed by atoms with Gasteiger partial charge in [-0.25, -0.2) is 17.7 Å². The van der Waals surface area contributed by atoms with Gasteiger partial charge in [-0.05, 0) is 31.7 Å². The number of nitrogens with one attached hydrogen (secondary N) is 1. The van der Waals surface area contributed by atoms with Gasteiger partial charge in [0.2, 0.25) is 15.9 Å². The number of aromatic nitrogens is 1. The van der Waals surface area contributed by atoms with E-state index in [1.54, 1.807) is 0 Å². The predicted octanol–water partition coefficient (Wildman–Crippen LogP) is 3.51. The molecule has 0 radical (unpaired) electrons. The Labute approximate surface area is 164 Å². The maximum absolute atomic E-state index is 12.6. The van der Waals surface area contributed by atoms with Crippen LogP contribution in [0.4, 0.5) is 5.13 Å². The zero-order valence-corrected chi connectivity index (χ0v) is 17.3. The van der Waals surface area contributed by atoms with E-state index in [0.29, 0.717) is 30.9 Å². The van der Waals surface area contributed by atoms with Crippen molar-refractivity contribution in [1.29, 1.82) is 0 Å². The smallest absolute Gasteiger partial charge is 0.230 e. The quantitative estimate of drug-likeness (QED) is 0.795. The van der Waals surface area contributed by atoms with E-state index in [1.807, 2.05) is 43.5 Å². The molecule has 1 fully saturated rings. The van der Waals surface area contributed by atoms with E-state index in [-0.39, 0.29) is 24.1 Å². The van der Waals surface area contributed by atoms with Gasteiger partial charge in [-0.1, -0.05) is 31.2 Å². The van der Waals surface area contributed by atoms with Crippen molar-refractivity contribution < 1.29 is 13.2 Å². The predicted molar refractivity (Wildman–Crippen MR) is 109 cm³/mol. The molecule has 1 N–H and O–H groups in total. The minimum absolute atomic E-state index is 0.133. The monoisotopic (exact) mass is 407 g/mol. The number of anilines is 1. The van der Waals surface area contributed by atoms with Crippen LogP contribution >= 0.6 is 11.3 Å². The second-order valence-electron chi connectivity index (χ2n) is 6.86. The molecule has 1 aromatic carbocycles. The van der Waals surface area contributed by atoms with E-state index in [0.717, 1.165) is 16.8 Å². The molecule has 146 valence electrons. The summed E-state index contributed by atoms with van der Waals surface area (Å²) in [5.41, 5.74) is 3.01. The Morgan fingerprint density at radius 3 is 2.89 bits per heavy atom. The van der Waals surface area contributed by atoms with Crippen LogP contribution in [0.2, 0.25) is 0 Å². The molecule has 0 saturated carbocycles. The summed E-state index contributed by atoms with van der Waals surface area (Å²) in [6.45, 7) is 4.63. The Hall–Kier alpha value is -1.77. The molecule has 27 heavy (non-hydrogen) atoms. The molecule has 2 heterocycles. The minimum Gasteiger partial charge on any atom is -0.302 e. The first-order valence-electron chi connectivity index (χ1n) is 9.21. The second kappa shape index (κ2) is 8.50. The number of sulfonamides is 1. The maximum atomic E-state index is 12.6. The van der Waals surface area contributed by atoms with Crippen molar-refractivity contribution in [3.8, 4) is 11.3 Å². The summed E-state index contributed by atoms with van der Waals surface area (Å²) in [6.07, 6.45) is 1.98. The van der Waals surface area contributed by atoms with Crippen LogP contribution in [0.25, 0.3) is 11.3 Å². The summed E-state index contributed by atoms with van der Waals surface area (Å²) in [7, 11) is -3.27. The van der Waals surface area contributed by atoms with Crippen molar-refractivity contribution >= 4 is 32.4 Å².